The predicted molar refractivity (Wildman–Crippen MR) is 24.2 cm³/mol. The van der Waals surface area contributed by atoms with Crippen LogP contribution in [0.5, 0.6) is 0 Å². The maximum absolute atomic E-state index is 3.61. The van der Waals surface area contributed by atoms with Gasteiger partial charge in [-0.05, 0) is 5.21 Å². The molecule has 1 aromatic rings. The van der Waals surface area contributed by atoms with Crippen molar-refractivity contribution < 1.29 is 0 Å². The molecule has 0 unspecified atom stereocenters. The molecule has 7 heavy (non-hydrogen) atoms. The molecule has 4 nitrogen and oxygen atoms in total. The normalized spacial score (nSPS) is 8.57. The molecule has 0 saturated carbocycles. The molecular weight excluding hydrogens is 92.1 g/mol. The van der Waals surface area contributed by atoms with Gasteiger partial charge in [0.15, 0.2) is 6.33 Å². The zero-order chi connectivity index (χ0) is 5.11. The van der Waals surface area contributed by atoms with Crippen LogP contribution in [0.4, 0.5) is 0 Å². The van der Waals surface area contributed by atoms with E-state index in [1.807, 2.05) is 0 Å². The number of tetrazole rings is 1. The summed E-state index contributed by atoms with van der Waals surface area (Å²) in [6.45, 7) is 3.40. The summed E-state index contributed by atoms with van der Waals surface area (Å²) in [6, 6.07) is 0. The molecule has 0 N–H and O–H groups in total. The first-order chi connectivity index (χ1) is 3.43. The highest BCUT2D eigenvalue weighted by Gasteiger charge is 1.76. The molecular formula is C3H4N4. The molecule has 0 saturated heterocycles. The molecule has 0 radical (unpaired) electrons. The summed E-state index contributed by atoms with van der Waals surface area (Å²) in [5.41, 5.74) is 0. The van der Waals surface area contributed by atoms with Crippen LogP contribution in [0.2, 0.25) is 0 Å². The van der Waals surface area contributed by atoms with Crippen molar-refractivity contribution in [3.63, 3.8) is 0 Å². The molecule has 0 amide bonds. The van der Waals surface area contributed by atoms with Crippen molar-refractivity contribution in [3.8, 4) is 0 Å². The van der Waals surface area contributed by atoms with Crippen LogP contribution < -0.4 is 0 Å². The molecule has 0 bridgehead atoms. The molecule has 4 heteroatoms. The molecule has 36 valence electrons. The van der Waals surface area contributed by atoms with Crippen LogP contribution in [0.15, 0.2) is 12.9 Å². The van der Waals surface area contributed by atoms with E-state index in [1.165, 1.54) is 17.3 Å². The van der Waals surface area contributed by atoms with Gasteiger partial charge in [-0.25, -0.2) is 0 Å². The van der Waals surface area contributed by atoms with Gasteiger partial charge in [-0.1, -0.05) is 6.58 Å². The second-order valence-corrected chi connectivity index (χ2v) is 0.939. The summed E-state index contributed by atoms with van der Waals surface area (Å²) in [4.78, 5) is 1.28. The lowest BCUT2D eigenvalue weighted by atomic mass is 11.1. The minimum atomic E-state index is 1.28. The quantitative estimate of drug-likeness (QED) is 0.485. The van der Waals surface area contributed by atoms with Crippen LogP contribution >= 0.6 is 0 Å². The Kier molecular flexibility index (Phi) is 0.856. The highest BCUT2D eigenvalue weighted by atomic mass is 15.6. The second kappa shape index (κ2) is 1.51. The number of aromatic nitrogens is 4. The van der Waals surface area contributed by atoms with Crippen molar-refractivity contribution in [1.82, 2.24) is 20.2 Å². The molecule has 0 fully saturated rings. The van der Waals surface area contributed by atoms with Gasteiger partial charge >= 0.3 is 0 Å². The van der Waals surface area contributed by atoms with E-state index < -0.39 is 0 Å². The zero-order valence-electron chi connectivity index (χ0n) is 3.65. The maximum Gasteiger partial charge on any atom is 0.162 e. The highest BCUT2D eigenvalue weighted by molar-refractivity contribution is 5.06. The van der Waals surface area contributed by atoms with E-state index in [0.717, 1.165) is 0 Å². The first-order valence-corrected chi connectivity index (χ1v) is 1.78. The van der Waals surface area contributed by atoms with Gasteiger partial charge < -0.3 is 0 Å². The summed E-state index contributed by atoms with van der Waals surface area (Å²) in [6.07, 6.45) is 2.81. The van der Waals surface area contributed by atoms with Crippen LogP contribution in [-0.4, -0.2) is 20.2 Å². The lowest BCUT2D eigenvalue weighted by Gasteiger charge is -1.75. The number of hydrogen-bond acceptors (Lipinski definition) is 3. The van der Waals surface area contributed by atoms with E-state index in [1.54, 1.807) is 0 Å². The van der Waals surface area contributed by atoms with Crippen LogP contribution in [0.25, 0.3) is 6.20 Å². The van der Waals surface area contributed by atoms with Crippen molar-refractivity contribution in [2.45, 2.75) is 0 Å². The van der Waals surface area contributed by atoms with Gasteiger partial charge in [-0.2, -0.15) is 0 Å². The molecule has 0 aromatic carbocycles. The van der Waals surface area contributed by atoms with Gasteiger partial charge in [0.1, 0.15) is 0 Å². The van der Waals surface area contributed by atoms with Crippen molar-refractivity contribution in [2.24, 2.45) is 0 Å². The molecule has 1 aromatic heterocycles. The van der Waals surface area contributed by atoms with Gasteiger partial charge in [-0.3, -0.25) is 0 Å². The van der Waals surface area contributed by atoms with Crippen molar-refractivity contribution >= 4 is 6.20 Å². The third-order valence-electron chi connectivity index (χ3n) is 0.528. The van der Waals surface area contributed by atoms with Crippen LogP contribution in [0.1, 0.15) is 0 Å². The Bertz CT molecular complexity index is 142. The first-order valence-electron chi connectivity index (χ1n) is 1.78. The third kappa shape index (κ3) is 0.623. The summed E-state index contributed by atoms with van der Waals surface area (Å²) < 4.78 is 0. The Balaban J connectivity index is 2.96. The Labute approximate surface area is 40.5 Å². The number of rotatable bonds is 1. The Morgan fingerprint density at radius 3 is 2.86 bits per heavy atom. The zero-order valence-corrected chi connectivity index (χ0v) is 3.65. The maximum atomic E-state index is 3.61. The molecule has 1 rings (SSSR count). The van der Waals surface area contributed by atoms with Crippen molar-refractivity contribution in [2.75, 3.05) is 0 Å². The second-order valence-electron chi connectivity index (χ2n) is 0.939. The van der Waals surface area contributed by atoms with Gasteiger partial charge in [0.25, 0.3) is 0 Å². The lowest BCUT2D eigenvalue weighted by Crippen LogP contribution is -1.88. The standard InChI is InChI=1S/C3H4N4/c1-2-7-5-3-4-6-7/h2-3H,1H2. The summed E-state index contributed by atoms with van der Waals surface area (Å²) in [7, 11) is 0. The summed E-state index contributed by atoms with van der Waals surface area (Å²) in [5.74, 6) is 0. The molecule has 0 atom stereocenters. The van der Waals surface area contributed by atoms with Gasteiger partial charge in [0, 0.05) is 6.20 Å². The Morgan fingerprint density at radius 2 is 2.57 bits per heavy atom. The van der Waals surface area contributed by atoms with Gasteiger partial charge in [0.2, 0.25) is 0 Å². The van der Waals surface area contributed by atoms with Crippen molar-refractivity contribution in [1.29, 1.82) is 0 Å². The van der Waals surface area contributed by atoms with E-state index in [2.05, 4.69) is 22.0 Å². The average molecular weight is 96.1 g/mol. The first kappa shape index (κ1) is 3.98. The average Bonchev–Trinajstić information content (AvgIpc) is 2.14. The third-order valence-corrected chi connectivity index (χ3v) is 0.528. The van der Waals surface area contributed by atoms with E-state index >= 15 is 0 Å². The molecule has 0 aliphatic carbocycles. The summed E-state index contributed by atoms with van der Waals surface area (Å²) in [5, 5.41) is 10.5. The van der Waals surface area contributed by atoms with Crippen LogP contribution in [0.3, 0.4) is 0 Å². The minimum absolute atomic E-state index is 1.28. The Morgan fingerprint density at radius 1 is 1.71 bits per heavy atom. The lowest BCUT2D eigenvalue weighted by molar-refractivity contribution is 0.760. The smallest absolute Gasteiger partial charge is 0.139 e. The highest BCUT2D eigenvalue weighted by Crippen LogP contribution is 1.67. The monoisotopic (exact) mass is 96.0 g/mol. The SMILES string of the molecule is C=Cn1ncnn1. The van der Waals surface area contributed by atoms with E-state index in [9.17, 15) is 0 Å². The summed E-state index contributed by atoms with van der Waals surface area (Å²) >= 11 is 0. The Hall–Kier alpha value is -1.19. The van der Waals surface area contributed by atoms with E-state index in [0.29, 0.717) is 0 Å². The molecule has 0 aliphatic heterocycles. The fraction of sp³-hybridized carbons (Fsp3) is 0. The van der Waals surface area contributed by atoms with Crippen LogP contribution in [0, 0.1) is 0 Å². The fourth-order valence-corrected chi connectivity index (χ4v) is 0.259. The number of nitrogens with zero attached hydrogens (tertiary/aromatic N) is 4. The molecule has 0 spiro atoms. The van der Waals surface area contributed by atoms with E-state index in [-0.39, 0.29) is 0 Å². The van der Waals surface area contributed by atoms with Gasteiger partial charge in [0.05, 0.1) is 0 Å². The fourth-order valence-electron chi connectivity index (χ4n) is 0.259. The topological polar surface area (TPSA) is 43.6 Å². The molecule has 0 aliphatic rings. The van der Waals surface area contributed by atoms with Crippen LogP contribution in [-0.2, 0) is 0 Å². The minimum Gasteiger partial charge on any atom is -0.139 e. The molecule has 1 heterocycles. The predicted octanol–water partition coefficient (Wildman–Crippen LogP) is -0.226. The largest absolute Gasteiger partial charge is 0.162 e. The van der Waals surface area contributed by atoms with Gasteiger partial charge in [-0.15, -0.1) is 15.0 Å². The number of hydrogen-bond donors (Lipinski definition) is 0. The van der Waals surface area contributed by atoms with Crippen molar-refractivity contribution in [3.05, 3.63) is 12.9 Å². The van der Waals surface area contributed by atoms with E-state index in [4.69, 9.17) is 0 Å².